The van der Waals surface area contributed by atoms with Gasteiger partial charge in [0.05, 0.1) is 6.26 Å². The highest BCUT2D eigenvalue weighted by Gasteiger charge is 2.04. The smallest absolute Gasteiger partial charge is 0.314 e. The van der Waals surface area contributed by atoms with Crippen molar-refractivity contribution in [3.63, 3.8) is 0 Å². The molecule has 0 aromatic carbocycles. The third-order valence-corrected chi connectivity index (χ3v) is 2.09. The molecule has 0 aliphatic heterocycles. The Morgan fingerprint density at radius 2 is 2.07 bits per heavy atom. The maximum Gasteiger partial charge on any atom is 0.325 e. The van der Waals surface area contributed by atoms with Gasteiger partial charge in [0.15, 0.2) is 0 Å². The van der Waals surface area contributed by atoms with E-state index in [2.05, 4.69) is 9.71 Å². The van der Waals surface area contributed by atoms with Crippen LogP contribution in [0.25, 0.3) is 0 Å². The van der Waals surface area contributed by atoms with Crippen molar-refractivity contribution >= 4 is 10.0 Å². The second-order valence-corrected chi connectivity index (χ2v) is 4.52. The van der Waals surface area contributed by atoms with Gasteiger partial charge in [-0.25, -0.2) is 17.9 Å². The van der Waals surface area contributed by atoms with Crippen LogP contribution in [0.15, 0.2) is 15.8 Å². The van der Waals surface area contributed by atoms with Crippen LogP contribution in [0.2, 0.25) is 0 Å². The van der Waals surface area contributed by atoms with Crippen molar-refractivity contribution in [2.45, 2.75) is 6.54 Å². The Labute approximate surface area is 79.2 Å². The lowest BCUT2D eigenvalue weighted by Crippen LogP contribution is -2.29. The van der Waals surface area contributed by atoms with Gasteiger partial charge >= 0.3 is 5.69 Å². The average Bonchev–Trinajstić information content (AvgIpc) is 2.00. The van der Waals surface area contributed by atoms with Crippen LogP contribution in [0, 0.1) is 0 Å². The quantitative estimate of drug-likeness (QED) is 0.551. The molecule has 0 amide bonds. The molecule has 1 rings (SSSR count). The zero-order valence-corrected chi connectivity index (χ0v) is 8.14. The molecule has 3 N–H and O–H groups in total. The van der Waals surface area contributed by atoms with Crippen molar-refractivity contribution in [1.82, 2.24) is 14.7 Å². The van der Waals surface area contributed by atoms with Crippen LogP contribution in [0.1, 0.15) is 5.56 Å². The number of H-pyrrole nitrogens is 2. The van der Waals surface area contributed by atoms with E-state index in [4.69, 9.17) is 0 Å². The van der Waals surface area contributed by atoms with Crippen LogP contribution in [-0.2, 0) is 16.6 Å². The molecule has 78 valence electrons. The normalized spacial score (nSPS) is 11.5. The van der Waals surface area contributed by atoms with Crippen molar-refractivity contribution in [2.24, 2.45) is 0 Å². The molecule has 7 nitrogen and oxygen atoms in total. The second-order valence-electron chi connectivity index (χ2n) is 2.69. The Bertz CT molecular complexity index is 526. The highest BCUT2D eigenvalue weighted by atomic mass is 32.2. The Morgan fingerprint density at radius 1 is 1.43 bits per heavy atom. The highest BCUT2D eigenvalue weighted by molar-refractivity contribution is 7.88. The van der Waals surface area contributed by atoms with Gasteiger partial charge < -0.3 is 4.98 Å². The summed E-state index contributed by atoms with van der Waals surface area (Å²) in [6, 6.07) is 0. The molecule has 0 bridgehead atoms. The molecule has 0 aliphatic rings. The number of aromatic nitrogens is 2. The molecule has 0 radical (unpaired) electrons. The fraction of sp³-hybridized carbons (Fsp3) is 0.333. The van der Waals surface area contributed by atoms with Gasteiger partial charge in [0.1, 0.15) is 0 Å². The molecule has 1 heterocycles. The summed E-state index contributed by atoms with van der Waals surface area (Å²) in [5.74, 6) is 0. The fourth-order valence-corrected chi connectivity index (χ4v) is 1.20. The van der Waals surface area contributed by atoms with Crippen molar-refractivity contribution in [3.05, 3.63) is 32.6 Å². The van der Waals surface area contributed by atoms with Crippen LogP contribution in [0.4, 0.5) is 0 Å². The Hall–Kier alpha value is -1.41. The summed E-state index contributed by atoms with van der Waals surface area (Å²) in [4.78, 5) is 25.8. The van der Waals surface area contributed by atoms with Crippen molar-refractivity contribution in [2.75, 3.05) is 6.26 Å². The molecule has 1 aromatic heterocycles. The summed E-state index contributed by atoms with van der Waals surface area (Å²) in [6.07, 6.45) is 2.15. The molecule has 0 saturated heterocycles. The minimum atomic E-state index is -3.34. The van der Waals surface area contributed by atoms with Gasteiger partial charge in [-0.05, 0) is 0 Å². The lowest BCUT2D eigenvalue weighted by Gasteiger charge is -1.99. The predicted octanol–water partition coefficient (Wildman–Crippen LogP) is -1.89. The summed E-state index contributed by atoms with van der Waals surface area (Å²) in [5, 5.41) is 0. The maximum absolute atomic E-state index is 11.0. The molecule has 0 aliphatic carbocycles. The van der Waals surface area contributed by atoms with Crippen LogP contribution >= 0.6 is 0 Å². The largest absolute Gasteiger partial charge is 0.325 e. The van der Waals surface area contributed by atoms with E-state index in [9.17, 15) is 18.0 Å². The van der Waals surface area contributed by atoms with E-state index in [1.807, 2.05) is 4.98 Å². The number of hydrogen-bond acceptors (Lipinski definition) is 4. The molecular formula is C6H9N3O4S. The number of nitrogens with one attached hydrogen (secondary N) is 3. The van der Waals surface area contributed by atoms with Crippen molar-refractivity contribution < 1.29 is 8.42 Å². The zero-order valence-electron chi connectivity index (χ0n) is 7.33. The second kappa shape index (κ2) is 3.76. The van der Waals surface area contributed by atoms with Crippen LogP contribution in [0.5, 0.6) is 0 Å². The predicted molar refractivity (Wildman–Crippen MR) is 49.4 cm³/mol. The lowest BCUT2D eigenvalue weighted by atomic mass is 10.3. The van der Waals surface area contributed by atoms with Crippen LogP contribution in [0.3, 0.4) is 0 Å². The Balaban J connectivity index is 2.89. The number of aromatic amines is 2. The van der Waals surface area contributed by atoms with E-state index in [0.29, 0.717) is 0 Å². The van der Waals surface area contributed by atoms with Gasteiger partial charge in [-0.1, -0.05) is 0 Å². The summed E-state index contributed by atoms with van der Waals surface area (Å²) in [5.41, 5.74) is -1.09. The van der Waals surface area contributed by atoms with Gasteiger partial charge in [-0.2, -0.15) is 0 Å². The molecule has 14 heavy (non-hydrogen) atoms. The first-order chi connectivity index (χ1) is 6.38. The minimum absolute atomic E-state index is 0.148. The monoisotopic (exact) mass is 219 g/mol. The summed E-state index contributed by atoms with van der Waals surface area (Å²) < 4.78 is 23.5. The molecule has 0 saturated carbocycles. The van der Waals surface area contributed by atoms with Gasteiger partial charge in [0.25, 0.3) is 5.56 Å². The third kappa shape index (κ3) is 3.15. The van der Waals surface area contributed by atoms with Gasteiger partial charge in [0, 0.05) is 18.3 Å². The van der Waals surface area contributed by atoms with Gasteiger partial charge in [-0.15, -0.1) is 0 Å². The van der Waals surface area contributed by atoms with E-state index in [1.54, 1.807) is 0 Å². The number of rotatable bonds is 3. The van der Waals surface area contributed by atoms with Crippen molar-refractivity contribution in [3.8, 4) is 0 Å². The molecule has 0 unspecified atom stereocenters. The zero-order chi connectivity index (χ0) is 10.8. The van der Waals surface area contributed by atoms with Gasteiger partial charge in [0.2, 0.25) is 10.0 Å². The Morgan fingerprint density at radius 3 is 2.57 bits per heavy atom. The van der Waals surface area contributed by atoms with Crippen LogP contribution in [-0.4, -0.2) is 24.6 Å². The lowest BCUT2D eigenvalue weighted by molar-refractivity contribution is 0.587. The maximum atomic E-state index is 11.0. The molecular weight excluding hydrogens is 210 g/mol. The topological polar surface area (TPSA) is 112 Å². The molecule has 1 aromatic rings. The first-order valence-corrected chi connectivity index (χ1v) is 5.53. The number of sulfonamides is 1. The summed E-state index contributed by atoms with van der Waals surface area (Å²) >= 11 is 0. The van der Waals surface area contributed by atoms with Crippen LogP contribution < -0.4 is 16.0 Å². The fourth-order valence-electron chi connectivity index (χ4n) is 0.778. The first-order valence-electron chi connectivity index (χ1n) is 3.64. The van der Waals surface area contributed by atoms with E-state index in [-0.39, 0.29) is 12.1 Å². The molecule has 0 atom stereocenters. The Kier molecular flexibility index (Phi) is 2.87. The summed E-state index contributed by atoms with van der Waals surface area (Å²) in [6.45, 7) is -0.148. The van der Waals surface area contributed by atoms with E-state index < -0.39 is 21.3 Å². The highest BCUT2D eigenvalue weighted by Crippen LogP contribution is 1.85. The minimum Gasteiger partial charge on any atom is -0.314 e. The van der Waals surface area contributed by atoms with E-state index >= 15 is 0 Å². The molecule has 0 fully saturated rings. The SMILES string of the molecule is CS(=O)(=O)NCc1c[nH]c(=O)[nH]c1=O. The molecule has 8 heteroatoms. The van der Waals surface area contributed by atoms with Crippen molar-refractivity contribution in [1.29, 1.82) is 0 Å². The third-order valence-electron chi connectivity index (χ3n) is 1.42. The van der Waals surface area contributed by atoms with E-state index in [1.165, 1.54) is 6.20 Å². The molecule has 0 spiro atoms. The van der Waals surface area contributed by atoms with Gasteiger partial charge in [-0.3, -0.25) is 9.78 Å². The van der Waals surface area contributed by atoms with E-state index in [0.717, 1.165) is 6.26 Å². The summed E-state index contributed by atoms with van der Waals surface area (Å²) in [7, 11) is -3.34. The standard InChI is InChI=1S/C6H9N3O4S/c1-14(12,13)8-3-4-2-7-6(11)9-5(4)10/h2,8H,3H2,1H3,(H2,7,9,10,11). The average molecular weight is 219 g/mol. The number of hydrogen-bond donors (Lipinski definition) is 3. The first kappa shape index (κ1) is 10.7.